The molecule has 1 rings (SSSR count). The summed E-state index contributed by atoms with van der Waals surface area (Å²) >= 11 is 0. The molecule has 18 heavy (non-hydrogen) atoms. The molecule has 1 atom stereocenters. The van der Waals surface area contributed by atoms with Crippen molar-refractivity contribution in [2.24, 2.45) is 0 Å². The van der Waals surface area contributed by atoms with E-state index in [1.54, 1.807) is 7.11 Å². The summed E-state index contributed by atoms with van der Waals surface area (Å²) in [6, 6.07) is 7.61. The summed E-state index contributed by atoms with van der Waals surface area (Å²) in [6.07, 6.45) is 0.948. The van der Waals surface area contributed by atoms with Gasteiger partial charge < -0.3 is 9.47 Å². The van der Waals surface area contributed by atoms with Gasteiger partial charge in [-0.25, -0.2) is 0 Å². The molecule has 4 heteroatoms. The standard InChI is InChI=1S/C14H20N2O2/c1-5-8-18-13-7-6-11(9-14(13)17-4)12(10-15)16(2)3/h6-7,9,12H,5,8H2,1-4H3. The highest BCUT2D eigenvalue weighted by Gasteiger charge is 2.15. The number of rotatable bonds is 6. The molecular weight excluding hydrogens is 228 g/mol. The Balaban J connectivity index is 3.01. The van der Waals surface area contributed by atoms with Crippen molar-refractivity contribution in [3.05, 3.63) is 23.8 Å². The van der Waals surface area contributed by atoms with Crippen LogP contribution in [-0.2, 0) is 0 Å². The van der Waals surface area contributed by atoms with Gasteiger partial charge in [0.15, 0.2) is 11.5 Å². The molecule has 0 aromatic heterocycles. The van der Waals surface area contributed by atoms with Crippen molar-refractivity contribution in [3.63, 3.8) is 0 Å². The van der Waals surface area contributed by atoms with E-state index in [-0.39, 0.29) is 6.04 Å². The molecule has 0 aliphatic rings. The van der Waals surface area contributed by atoms with Gasteiger partial charge in [-0.15, -0.1) is 0 Å². The van der Waals surface area contributed by atoms with Crippen LogP contribution in [0, 0.1) is 11.3 Å². The Morgan fingerprint density at radius 2 is 2.06 bits per heavy atom. The molecule has 0 amide bonds. The molecule has 1 aromatic rings. The second-order valence-corrected chi connectivity index (χ2v) is 4.25. The topological polar surface area (TPSA) is 45.5 Å². The summed E-state index contributed by atoms with van der Waals surface area (Å²) in [6.45, 7) is 2.71. The Morgan fingerprint density at radius 1 is 1.33 bits per heavy atom. The quantitative estimate of drug-likeness (QED) is 0.776. The monoisotopic (exact) mass is 248 g/mol. The van der Waals surface area contributed by atoms with Crippen LogP contribution in [0.4, 0.5) is 0 Å². The van der Waals surface area contributed by atoms with Crippen LogP contribution in [0.3, 0.4) is 0 Å². The average molecular weight is 248 g/mol. The van der Waals surface area contributed by atoms with Crippen molar-refractivity contribution in [2.45, 2.75) is 19.4 Å². The Hall–Kier alpha value is -1.73. The van der Waals surface area contributed by atoms with E-state index < -0.39 is 0 Å². The van der Waals surface area contributed by atoms with E-state index in [0.29, 0.717) is 12.4 Å². The average Bonchev–Trinajstić information content (AvgIpc) is 2.37. The number of nitriles is 1. The van der Waals surface area contributed by atoms with E-state index in [2.05, 4.69) is 13.0 Å². The van der Waals surface area contributed by atoms with Gasteiger partial charge in [0.2, 0.25) is 0 Å². The normalized spacial score (nSPS) is 12.0. The number of ether oxygens (including phenoxy) is 2. The molecule has 0 N–H and O–H groups in total. The van der Waals surface area contributed by atoms with Gasteiger partial charge in [-0.2, -0.15) is 5.26 Å². The minimum Gasteiger partial charge on any atom is -0.493 e. The van der Waals surface area contributed by atoms with E-state index in [9.17, 15) is 0 Å². The third kappa shape index (κ3) is 3.38. The van der Waals surface area contributed by atoms with Gasteiger partial charge in [-0.3, -0.25) is 4.90 Å². The molecule has 0 spiro atoms. The molecule has 1 aromatic carbocycles. The van der Waals surface area contributed by atoms with Gasteiger partial charge in [-0.05, 0) is 38.2 Å². The van der Waals surface area contributed by atoms with Crippen LogP contribution in [0.1, 0.15) is 24.9 Å². The number of hydrogen-bond acceptors (Lipinski definition) is 4. The van der Waals surface area contributed by atoms with Crippen molar-refractivity contribution in [1.82, 2.24) is 4.90 Å². The van der Waals surface area contributed by atoms with Crippen LogP contribution in [0.15, 0.2) is 18.2 Å². The molecule has 0 bridgehead atoms. The highest BCUT2D eigenvalue weighted by molar-refractivity contribution is 5.44. The van der Waals surface area contributed by atoms with Crippen LogP contribution in [-0.4, -0.2) is 32.7 Å². The van der Waals surface area contributed by atoms with Crippen molar-refractivity contribution < 1.29 is 9.47 Å². The molecule has 0 fully saturated rings. The fraction of sp³-hybridized carbons (Fsp3) is 0.500. The van der Waals surface area contributed by atoms with Crippen molar-refractivity contribution in [3.8, 4) is 17.6 Å². The maximum atomic E-state index is 9.16. The molecule has 0 aliphatic heterocycles. The van der Waals surface area contributed by atoms with Gasteiger partial charge in [0.25, 0.3) is 0 Å². The predicted molar refractivity (Wildman–Crippen MR) is 70.8 cm³/mol. The van der Waals surface area contributed by atoms with E-state index in [4.69, 9.17) is 14.7 Å². The lowest BCUT2D eigenvalue weighted by molar-refractivity contribution is 0.293. The summed E-state index contributed by atoms with van der Waals surface area (Å²) in [7, 11) is 5.36. The van der Waals surface area contributed by atoms with Gasteiger partial charge in [0.1, 0.15) is 6.04 Å². The largest absolute Gasteiger partial charge is 0.493 e. The molecular formula is C14H20N2O2. The highest BCUT2D eigenvalue weighted by Crippen LogP contribution is 2.31. The number of benzene rings is 1. The molecule has 0 aliphatic carbocycles. The first-order chi connectivity index (χ1) is 8.63. The minimum absolute atomic E-state index is 0.279. The fourth-order valence-electron chi connectivity index (χ4n) is 1.67. The Kier molecular flexibility index (Phi) is 5.47. The zero-order chi connectivity index (χ0) is 13.5. The summed E-state index contributed by atoms with van der Waals surface area (Å²) in [5.74, 6) is 1.39. The molecule has 98 valence electrons. The number of nitrogens with zero attached hydrogens (tertiary/aromatic N) is 2. The van der Waals surface area contributed by atoms with E-state index in [1.165, 1.54) is 0 Å². The molecule has 4 nitrogen and oxygen atoms in total. The third-order valence-electron chi connectivity index (χ3n) is 2.60. The highest BCUT2D eigenvalue weighted by atomic mass is 16.5. The van der Waals surface area contributed by atoms with Crippen molar-refractivity contribution >= 4 is 0 Å². The molecule has 0 saturated heterocycles. The van der Waals surface area contributed by atoms with Gasteiger partial charge >= 0.3 is 0 Å². The van der Waals surface area contributed by atoms with E-state index in [1.807, 2.05) is 37.2 Å². The second kappa shape index (κ2) is 6.87. The van der Waals surface area contributed by atoms with Gasteiger partial charge in [0.05, 0.1) is 19.8 Å². The Morgan fingerprint density at radius 3 is 2.56 bits per heavy atom. The maximum absolute atomic E-state index is 9.16. The van der Waals surface area contributed by atoms with Gasteiger partial charge in [-0.1, -0.05) is 13.0 Å². The summed E-state index contributed by atoms with van der Waals surface area (Å²) in [5, 5.41) is 9.16. The van der Waals surface area contributed by atoms with Crippen LogP contribution in [0.5, 0.6) is 11.5 Å². The SMILES string of the molecule is CCCOc1ccc(C(C#N)N(C)C)cc1OC. The molecule has 0 radical (unpaired) electrons. The number of hydrogen-bond donors (Lipinski definition) is 0. The minimum atomic E-state index is -0.279. The second-order valence-electron chi connectivity index (χ2n) is 4.25. The first-order valence-corrected chi connectivity index (χ1v) is 6.00. The van der Waals surface area contributed by atoms with Crippen molar-refractivity contribution in [2.75, 3.05) is 27.8 Å². The smallest absolute Gasteiger partial charge is 0.161 e. The van der Waals surface area contributed by atoms with E-state index in [0.717, 1.165) is 17.7 Å². The molecule has 1 unspecified atom stereocenters. The maximum Gasteiger partial charge on any atom is 0.161 e. The first-order valence-electron chi connectivity index (χ1n) is 6.00. The Bertz CT molecular complexity index is 424. The zero-order valence-electron chi connectivity index (χ0n) is 11.4. The number of methoxy groups -OCH3 is 1. The van der Waals surface area contributed by atoms with Crippen LogP contribution < -0.4 is 9.47 Å². The summed E-state index contributed by atoms with van der Waals surface area (Å²) in [4.78, 5) is 1.86. The predicted octanol–water partition coefficient (Wildman–Crippen LogP) is 2.61. The Labute approximate surface area is 109 Å². The summed E-state index contributed by atoms with van der Waals surface area (Å²) < 4.78 is 10.9. The lowest BCUT2D eigenvalue weighted by atomic mass is 10.1. The lowest BCUT2D eigenvalue weighted by Crippen LogP contribution is -2.18. The van der Waals surface area contributed by atoms with Crippen molar-refractivity contribution in [1.29, 1.82) is 5.26 Å². The van der Waals surface area contributed by atoms with Crippen LogP contribution in [0.2, 0.25) is 0 Å². The summed E-state index contributed by atoms with van der Waals surface area (Å²) in [5.41, 5.74) is 0.906. The third-order valence-corrected chi connectivity index (χ3v) is 2.60. The fourth-order valence-corrected chi connectivity index (χ4v) is 1.67. The lowest BCUT2D eigenvalue weighted by Gasteiger charge is -2.19. The van der Waals surface area contributed by atoms with Crippen LogP contribution >= 0.6 is 0 Å². The molecule has 0 heterocycles. The first kappa shape index (κ1) is 14.3. The van der Waals surface area contributed by atoms with E-state index >= 15 is 0 Å². The van der Waals surface area contributed by atoms with Crippen LogP contribution in [0.25, 0.3) is 0 Å². The van der Waals surface area contributed by atoms with Gasteiger partial charge in [0, 0.05) is 0 Å². The zero-order valence-corrected chi connectivity index (χ0v) is 11.4. The molecule has 0 saturated carbocycles.